The highest BCUT2D eigenvalue weighted by Gasteiger charge is 2.29. The first-order valence-corrected chi connectivity index (χ1v) is 8.11. The number of anilines is 1. The molecule has 122 valence electrons. The van der Waals surface area contributed by atoms with E-state index < -0.39 is 11.4 Å². The van der Waals surface area contributed by atoms with Crippen molar-refractivity contribution < 1.29 is 9.90 Å². The van der Waals surface area contributed by atoms with Crippen LogP contribution in [0.15, 0.2) is 24.3 Å². The predicted octanol–water partition coefficient (Wildman–Crippen LogP) is 2.87. The van der Waals surface area contributed by atoms with E-state index in [2.05, 4.69) is 35.8 Å². The maximum absolute atomic E-state index is 11.4. The molecule has 1 aromatic rings. The highest BCUT2D eigenvalue weighted by Crippen LogP contribution is 2.29. The normalized spacial score (nSPS) is 17.0. The van der Waals surface area contributed by atoms with Crippen molar-refractivity contribution in [3.8, 4) is 0 Å². The number of hydrogen-bond acceptors (Lipinski definition) is 3. The van der Waals surface area contributed by atoms with Crippen molar-refractivity contribution in [2.45, 2.75) is 40.2 Å². The molecule has 1 heterocycles. The summed E-state index contributed by atoms with van der Waals surface area (Å²) >= 11 is 0. The van der Waals surface area contributed by atoms with Crippen LogP contribution >= 0.6 is 0 Å². The zero-order valence-corrected chi connectivity index (χ0v) is 14.2. The first kappa shape index (κ1) is 16.8. The number of para-hydroxylation sites is 1. The molecule has 0 unspecified atom stereocenters. The molecule has 2 rings (SSSR count). The first-order valence-electron chi connectivity index (χ1n) is 8.11. The minimum atomic E-state index is -0.744. The fraction of sp³-hybridized carbons (Fsp3) is 0.611. The van der Waals surface area contributed by atoms with Gasteiger partial charge < -0.3 is 10.0 Å². The van der Waals surface area contributed by atoms with Crippen LogP contribution in [0.5, 0.6) is 0 Å². The Balaban J connectivity index is 2.14. The molecular formula is C18H28N2O2. The average molecular weight is 304 g/mol. The van der Waals surface area contributed by atoms with Gasteiger partial charge in [0.1, 0.15) is 0 Å². The van der Waals surface area contributed by atoms with Gasteiger partial charge in [-0.2, -0.15) is 0 Å². The number of nitrogens with zero attached hydrogens (tertiary/aromatic N) is 2. The number of rotatable bonds is 5. The SMILES string of the molecule is CC(C)N1CCN(c2ccccc2CC(C)(C)C(=O)O)CC1. The van der Waals surface area contributed by atoms with Crippen LogP contribution in [0.3, 0.4) is 0 Å². The molecule has 22 heavy (non-hydrogen) atoms. The summed E-state index contributed by atoms with van der Waals surface area (Å²) in [4.78, 5) is 16.3. The van der Waals surface area contributed by atoms with Gasteiger partial charge in [-0.1, -0.05) is 18.2 Å². The topological polar surface area (TPSA) is 43.8 Å². The number of piperazine rings is 1. The molecule has 0 aliphatic carbocycles. The molecule has 0 saturated carbocycles. The van der Waals surface area contributed by atoms with Gasteiger partial charge in [-0.15, -0.1) is 0 Å². The van der Waals surface area contributed by atoms with Crippen LogP contribution in [0.2, 0.25) is 0 Å². The van der Waals surface area contributed by atoms with Crippen LogP contribution < -0.4 is 4.90 Å². The molecule has 1 aromatic carbocycles. The third-order valence-electron chi connectivity index (χ3n) is 4.59. The maximum atomic E-state index is 11.4. The summed E-state index contributed by atoms with van der Waals surface area (Å²) in [6.07, 6.45) is 0.558. The van der Waals surface area contributed by atoms with Crippen molar-refractivity contribution in [2.75, 3.05) is 31.1 Å². The smallest absolute Gasteiger partial charge is 0.309 e. The fourth-order valence-electron chi connectivity index (χ4n) is 3.00. The maximum Gasteiger partial charge on any atom is 0.309 e. The molecule has 1 aliphatic heterocycles. The fourth-order valence-corrected chi connectivity index (χ4v) is 3.00. The van der Waals surface area contributed by atoms with Crippen molar-refractivity contribution >= 4 is 11.7 Å². The van der Waals surface area contributed by atoms with E-state index in [1.165, 1.54) is 5.69 Å². The van der Waals surface area contributed by atoms with E-state index in [9.17, 15) is 9.90 Å². The van der Waals surface area contributed by atoms with Crippen molar-refractivity contribution in [2.24, 2.45) is 5.41 Å². The number of carbonyl (C=O) groups is 1. The zero-order valence-electron chi connectivity index (χ0n) is 14.2. The van der Waals surface area contributed by atoms with Gasteiger partial charge in [-0.3, -0.25) is 9.69 Å². The molecule has 0 radical (unpaired) electrons. The Bertz CT molecular complexity index is 518. The van der Waals surface area contributed by atoms with Crippen molar-refractivity contribution in [1.82, 2.24) is 4.90 Å². The van der Waals surface area contributed by atoms with Gasteiger partial charge in [0, 0.05) is 37.9 Å². The molecule has 0 amide bonds. The second-order valence-electron chi connectivity index (χ2n) is 7.11. The van der Waals surface area contributed by atoms with E-state index in [1.54, 1.807) is 13.8 Å². The minimum absolute atomic E-state index is 0.558. The molecular weight excluding hydrogens is 276 g/mol. The summed E-state index contributed by atoms with van der Waals surface area (Å²) in [7, 11) is 0. The van der Waals surface area contributed by atoms with Crippen LogP contribution in [0, 0.1) is 5.41 Å². The summed E-state index contributed by atoms with van der Waals surface area (Å²) in [5.74, 6) is -0.744. The molecule has 1 saturated heterocycles. The number of aliphatic carboxylic acids is 1. The minimum Gasteiger partial charge on any atom is -0.481 e. The van der Waals surface area contributed by atoms with Gasteiger partial charge in [0.05, 0.1) is 5.41 Å². The standard InChI is InChI=1S/C18H28N2O2/c1-14(2)19-9-11-20(12-10-19)16-8-6-5-7-15(16)13-18(3,4)17(21)22/h5-8,14H,9-13H2,1-4H3,(H,21,22). The molecule has 0 bridgehead atoms. The van der Waals surface area contributed by atoms with E-state index in [0.29, 0.717) is 12.5 Å². The van der Waals surface area contributed by atoms with Crippen molar-refractivity contribution in [3.63, 3.8) is 0 Å². The summed E-state index contributed by atoms with van der Waals surface area (Å²) in [5, 5.41) is 9.38. The second-order valence-corrected chi connectivity index (χ2v) is 7.11. The second kappa shape index (κ2) is 6.69. The zero-order chi connectivity index (χ0) is 16.3. The summed E-state index contributed by atoms with van der Waals surface area (Å²) in [6.45, 7) is 12.2. The van der Waals surface area contributed by atoms with Crippen molar-refractivity contribution in [1.29, 1.82) is 0 Å². The third-order valence-corrected chi connectivity index (χ3v) is 4.59. The highest BCUT2D eigenvalue weighted by atomic mass is 16.4. The van der Waals surface area contributed by atoms with Gasteiger partial charge in [0.25, 0.3) is 0 Å². The van der Waals surface area contributed by atoms with Gasteiger partial charge >= 0.3 is 5.97 Å². The van der Waals surface area contributed by atoms with E-state index in [1.807, 2.05) is 12.1 Å². The summed E-state index contributed by atoms with van der Waals surface area (Å²) in [5.41, 5.74) is 1.59. The third kappa shape index (κ3) is 3.80. The lowest BCUT2D eigenvalue weighted by atomic mass is 9.85. The molecule has 4 heteroatoms. The lowest BCUT2D eigenvalue weighted by Crippen LogP contribution is -2.49. The van der Waals surface area contributed by atoms with E-state index in [-0.39, 0.29) is 0 Å². The molecule has 4 nitrogen and oxygen atoms in total. The van der Waals surface area contributed by atoms with Gasteiger partial charge in [0.2, 0.25) is 0 Å². The summed E-state index contributed by atoms with van der Waals surface area (Å²) in [6, 6.07) is 8.82. The Morgan fingerprint density at radius 3 is 2.32 bits per heavy atom. The molecule has 0 aromatic heterocycles. The van der Waals surface area contributed by atoms with E-state index >= 15 is 0 Å². The lowest BCUT2D eigenvalue weighted by molar-refractivity contribution is -0.146. The van der Waals surface area contributed by atoms with E-state index in [4.69, 9.17) is 0 Å². The Hall–Kier alpha value is -1.55. The highest BCUT2D eigenvalue weighted by molar-refractivity contribution is 5.74. The van der Waals surface area contributed by atoms with Crippen molar-refractivity contribution in [3.05, 3.63) is 29.8 Å². The largest absolute Gasteiger partial charge is 0.481 e. The summed E-state index contributed by atoms with van der Waals surface area (Å²) < 4.78 is 0. The quantitative estimate of drug-likeness (QED) is 0.908. The monoisotopic (exact) mass is 304 g/mol. The van der Waals surface area contributed by atoms with Crippen LogP contribution in [0.25, 0.3) is 0 Å². The number of carboxylic acid groups (broad SMARTS) is 1. The molecule has 1 fully saturated rings. The number of benzene rings is 1. The number of hydrogen-bond donors (Lipinski definition) is 1. The lowest BCUT2D eigenvalue weighted by Gasteiger charge is -2.39. The Labute approximate surface area is 133 Å². The molecule has 1 aliphatic rings. The average Bonchev–Trinajstić information content (AvgIpc) is 2.47. The predicted molar refractivity (Wildman–Crippen MR) is 90.5 cm³/mol. The van der Waals surface area contributed by atoms with Gasteiger partial charge in [0.15, 0.2) is 0 Å². The first-order chi connectivity index (χ1) is 10.3. The van der Waals surface area contributed by atoms with E-state index in [0.717, 1.165) is 31.7 Å². The van der Waals surface area contributed by atoms with Crippen LogP contribution in [-0.4, -0.2) is 48.2 Å². The van der Waals surface area contributed by atoms with Gasteiger partial charge in [-0.05, 0) is 45.7 Å². The molecule has 1 N–H and O–H groups in total. The van der Waals surface area contributed by atoms with Crippen LogP contribution in [0.1, 0.15) is 33.3 Å². The molecule has 0 spiro atoms. The number of carboxylic acids is 1. The molecule has 0 atom stereocenters. The van der Waals surface area contributed by atoms with Gasteiger partial charge in [-0.25, -0.2) is 0 Å². The van der Waals surface area contributed by atoms with Crippen LogP contribution in [0.4, 0.5) is 5.69 Å². The Morgan fingerprint density at radius 2 is 1.77 bits per heavy atom. The Kier molecular flexibility index (Phi) is 5.12. The van der Waals surface area contributed by atoms with Crippen LogP contribution in [-0.2, 0) is 11.2 Å². The Morgan fingerprint density at radius 1 is 1.18 bits per heavy atom.